The van der Waals surface area contributed by atoms with E-state index in [1.807, 2.05) is 0 Å². The summed E-state index contributed by atoms with van der Waals surface area (Å²) in [6.07, 6.45) is 0.525. The molecule has 1 amide bonds. The first-order chi connectivity index (χ1) is 10.1. The van der Waals surface area contributed by atoms with Crippen molar-refractivity contribution in [3.63, 3.8) is 0 Å². The van der Waals surface area contributed by atoms with Gasteiger partial charge in [-0.05, 0) is 48.4 Å². The van der Waals surface area contributed by atoms with Gasteiger partial charge < -0.3 is 10.4 Å². The molecule has 21 heavy (non-hydrogen) atoms. The second-order valence-corrected chi connectivity index (χ2v) is 4.52. The third kappa shape index (κ3) is 4.14. The van der Waals surface area contributed by atoms with Crippen LogP contribution >= 0.6 is 0 Å². The molecule has 0 spiro atoms. The van der Waals surface area contributed by atoms with E-state index in [2.05, 4.69) is 5.32 Å². The van der Waals surface area contributed by atoms with Gasteiger partial charge in [-0.3, -0.25) is 4.79 Å². The summed E-state index contributed by atoms with van der Waals surface area (Å²) in [6.45, 7) is 0.378. The number of nitrogens with one attached hydrogen (secondary N) is 1. The SMILES string of the molecule is O=C(O)c1ccc(C(=O)NCCc2cccc(F)c2)cc1. The third-order valence-electron chi connectivity index (χ3n) is 2.98. The van der Waals surface area contributed by atoms with Crippen LogP contribution in [0.2, 0.25) is 0 Å². The summed E-state index contributed by atoms with van der Waals surface area (Å²) in [5.41, 5.74) is 1.32. The second kappa shape index (κ2) is 6.65. The molecule has 0 unspecified atom stereocenters. The first-order valence-electron chi connectivity index (χ1n) is 6.42. The van der Waals surface area contributed by atoms with E-state index in [1.54, 1.807) is 12.1 Å². The molecule has 0 saturated carbocycles. The van der Waals surface area contributed by atoms with Crippen LogP contribution in [0.4, 0.5) is 4.39 Å². The number of carbonyl (C=O) groups is 2. The Morgan fingerprint density at radius 2 is 1.71 bits per heavy atom. The fraction of sp³-hybridized carbons (Fsp3) is 0.125. The maximum Gasteiger partial charge on any atom is 0.335 e. The van der Waals surface area contributed by atoms with Crippen molar-refractivity contribution in [2.75, 3.05) is 6.54 Å². The van der Waals surface area contributed by atoms with Crippen LogP contribution in [0.15, 0.2) is 48.5 Å². The van der Waals surface area contributed by atoms with Crippen molar-refractivity contribution in [2.45, 2.75) is 6.42 Å². The van der Waals surface area contributed by atoms with Gasteiger partial charge in [0.25, 0.3) is 5.91 Å². The molecule has 0 aliphatic heterocycles. The highest BCUT2D eigenvalue weighted by Crippen LogP contribution is 2.06. The van der Waals surface area contributed by atoms with Crippen molar-refractivity contribution in [1.82, 2.24) is 5.32 Å². The van der Waals surface area contributed by atoms with Gasteiger partial charge in [-0.2, -0.15) is 0 Å². The molecule has 108 valence electrons. The molecule has 0 aliphatic rings. The van der Waals surface area contributed by atoms with Crippen molar-refractivity contribution in [1.29, 1.82) is 0 Å². The minimum atomic E-state index is -1.03. The van der Waals surface area contributed by atoms with E-state index in [-0.39, 0.29) is 17.3 Å². The number of carboxylic acids is 1. The highest BCUT2D eigenvalue weighted by molar-refractivity contribution is 5.95. The van der Waals surface area contributed by atoms with Crippen molar-refractivity contribution >= 4 is 11.9 Å². The van der Waals surface area contributed by atoms with Gasteiger partial charge in [0, 0.05) is 12.1 Å². The molecular weight excluding hydrogens is 273 g/mol. The fourth-order valence-electron chi connectivity index (χ4n) is 1.88. The molecule has 2 aromatic rings. The molecule has 2 rings (SSSR count). The van der Waals surface area contributed by atoms with Crippen molar-refractivity contribution in [3.8, 4) is 0 Å². The van der Waals surface area contributed by atoms with Gasteiger partial charge in [0.05, 0.1) is 5.56 Å². The normalized spacial score (nSPS) is 10.1. The van der Waals surface area contributed by atoms with Gasteiger partial charge in [-0.15, -0.1) is 0 Å². The van der Waals surface area contributed by atoms with E-state index in [0.717, 1.165) is 5.56 Å². The lowest BCUT2D eigenvalue weighted by molar-refractivity contribution is 0.0696. The number of rotatable bonds is 5. The van der Waals surface area contributed by atoms with Gasteiger partial charge in [0.15, 0.2) is 0 Å². The van der Waals surface area contributed by atoms with E-state index in [0.29, 0.717) is 18.5 Å². The predicted octanol–water partition coefficient (Wildman–Crippen LogP) is 2.50. The van der Waals surface area contributed by atoms with Crippen LogP contribution in [0.25, 0.3) is 0 Å². The summed E-state index contributed by atoms with van der Waals surface area (Å²) in [7, 11) is 0. The van der Waals surface area contributed by atoms with Crippen LogP contribution in [0.1, 0.15) is 26.3 Å². The molecule has 0 atom stereocenters. The van der Waals surface area contributed by atoms with Crippen LogP contribution < -0.4 is 5.32 Å². The number of carbonyl (C=O) groups excluding carboxylic acids is 1. The van der Waals surface area contributed by atoms with Crippen LogP contribution in [0.5, 0.6) is 0 Å². The van der Waals surface area contributed by atoms with Gasteiger partial charge >= 0.3 is 5.97 Å². The number of aromatic carboxylic acids is 1. The summed E-state index contributed by atoms with van der Waals surface area (Å²) >= 11 is 0. The molecular formula is C16H14FNO3. The van der Waals surface area contributed by atoms with Gasteiger partial charge in [0.2, 0.25) is 0 Å². The fourth-order valence-corrected chi connectivity index (χ4v) is 1.88. The molecule has 5 heteroatoms. The van der Waals surface area contributed by atoms with Crippen LogP contribution in [-0.2, 0) is 6.42 Å². The van der Waals surface area contributed by atoms with Gasteiger partial charge in [0.1, 0.15) is 5.82 Å². The Balaban J connectivity index is 1.88. The summed E-state index contributed by atoms with van der Waals surface area (Å²) in [4.78, 5) is 22.6. The number of halogens is 1. The van der Waals surface area contributed by atoms with Crippen molar-refractivity contribution in [3.05, 3.63) is 71.0 Å². The summed E-state index contributed by atoms with van der Waals surface area (Å²) in [5, 5.41) is 11.5. The van der Waals surface area contributed by atoms with Crippen LogP contribution in [-0.4, -0.2) is 23.5 Å². The monoisotopic (exact) mass is 287 g/mol. The number of amides is 1. The average Bonchev–Trinajstić information content (AvgIpc) is 2.47. The minimum absolute atomic E-state index is 0.131. The van der Waals surface area contributed by atoms with E-state index < -0.39 is 5.97 Å². The number of carboxylic acid groups (broad SMARTS) is 1. The summed E-state index contributed by atoms with van der Waals surface area (Å²) in [6, 6.07) is 11.9. The smallest absolute Gasteiger partial charge is 0.335 e. The lowest BCUT2D eigenvalue weighted by Crippen LogP contribution is -2.25. The lowest BCUT2D eigenvalue weighted by atomic mass is 10.1. The number of hydrogen-bond donors (Lipinski definition) is 2. The van der Waals surface area contributed by atoms with E-state index in [1.165, 1.54) is 36.4 Å². The standard InChI is InChI=1S/C16H14FNO3/c17-14-3-1-2-11(10-14)8-9-18-15(19)12-4-6-13(7-5-12)16(20)21/h1-7,10H,8-9H2,(H,18,19)(H,20,21). The Morgan fingerprint density at radius 3 is 2.33 bits per heavy atom. The zero-order chi connectivity index (χ0) is 15.2. The Labute approximate surface area is 121 Å². The molecule has 0 aromatic heterocycles. The Bertz CT molecular complexity index is 653. The lowest BCUT2D eigenvalue weighted by Gasteiger charge is -2.06. The molecule has 2 N–H and O–H groups in total. The summed E-state index contributed by atoms with van der Waals surface area (Å²) in [5.74, 6) is -1.63. The largest absolute Gasteiger partial charge is 0.478 e. The average molecular weight is 287 g/mol. The zero-order valence-corrected chi connectivity index (χ0v) is 11.2. The van der Waals surface area contributed by atoms with Gasteiger partial charge in [-0.1, -0.05) is 12.1 Å². The topological polar surface area (TPSA) is 66.4 Å². The molecule has 0 saturated heterocycles. The molecule has 2 aromatic carbocycles. The first-order valence-corrected chi connectivity index (χ1v) is 6.42. The number of hydrogen-bond acceptors (Lipinski definition) is 2. The third-order valence-corrected chi connectivity index (χ3v) is 2.98. The van der Waals surface area contributed by atoms with E-state index in [9.17, 15) is 14.0 Å². The van der Waals surface area contributed by atoms with Gasteiger partial charge in [-0.25, -0.2) is 9.18 Å². The highest BCUT2D eigenvalue weighted by Gasteiger charge is 2.07. The molecule has 0 heterocycles. The molecule has 0 fully saturated rings. The quantitative estimate of drug-likeness (QED) is 0.888. The van der Waals surface area contributed by atoms with Crippen LogP contribution in [0, 0.1) is 5.82 Å². The first kappa shape index (κ1) is 14.7. The van der Waals surface area contributed by atoms with Crippen LogP contribution in [0.3, 0.4) is 0 Å². The second-order valence-electron chi connectivity index (χ2n) is 4.52. The number of benzene rings is 2. The van der Waals surface area contributed by atoms with Crippen molar-refractivity contribution in [2.24, 2.45) is 0 Å². The van der Waals surface area contributed by atoms with E-state index in [4.69, 9.17) is 5.11 Å². The Kier molecular flexibility index (Phi) is 4.66. The zero-order valence-electron chi connectivity index (χ0n) is 11.2. The minimum Gasteiger partial charge on any atom is -0.478 e. The Hall–Kier alpha value is -2.69. The molecule has 0 aliphatic carbocycles. The summed E-state index contributed by atoms with van der Waals surface area (Å²) < 4.78 is 13.0. The highest BCUT2D eigenvalue weighted by atomic mass is 19.1. The maximum absolute atomic E-state index is 13.0. The Morgan fingerprint density at radius 1 is 1.05 bits per heavy atom. The molecule has 0 radical (unpaired) electrons. The maximum atomic E-state index is 13.0. The molecule has 0 bridgehead atoms. The van der Waals surface area contributed by atoms with Crippen molar-refractivity contribution < 1.29 is 19.1 Å². The predicted molar refractivity (Wildman–Crippen MR) is 75.8 cm³/mol. The van der Waals surface area contributed by atoms with E-state index >= 15 is 0 Å². The molecule has 4 nitrogen and oxygen atoms in total.